The molecule has 0 fully saturated rings. The number of amides is 1. The molecule has 0 unspecified atom stereocenters. The van der Waals surface area contributed by atoms with Gasteiger partial charge in [0.1, 0.15) is 11.5 Å². The Kier molecular flexibility index (Phi) is 3.46. The van der Waals surface area contributed by atoms with Gasteiger partial charge in [-0.3, -0.25) is 14.9 Å². The first kappa shape index (κ1) is 14.9. The normalized spacial score (nSPS) is 15.8. The number of carbonyl (C=O) groups is 1. The van der Waals surface area contributed by atoms with Crippen LogP contribution < -0.4 is 10.6 Å². The fourth-order valence-corrected chi connectivity index (χ4v) is 2.76. The smallest absolute Gasteiger partial charge is 0.269 e. The lowest BCUT2D eigenvalue weighted by Gasteiger charge is -2.26. The molecule has 2 heterocycles. The third-order valence-electron chi connectivity index (χ3n) is 4.02. The lowest BCUT2D eigenvalue weighted by Crippen LogP contribution is -2.38. The monoisotopic (exact) mass is 335 g/mol. The average Bonchev–Trinajstić information content (AvgIpc) is 3.12. The SMILES string of the molecule is O=C1N[C@H](c2ccc(-c3ccc([N+](=O)[O-])cc3)o2)Nc2ccccc21. The summed E-state index contributed by atoms with van der Waals surface area (Å²) in [6, 6.07) is 16.9. The Balaban J connectivity index is 1.60. The van der Waals surface area contributed by atoms with E-state index in [1.165, 1.54) is 12.1 Å². The molecule has 4 rings (SSSR count). The van der Waals surface area contributed by atoms with Gasteiger partial charge in [0.2, 0.25) is 0 Å². The van der Waals surface area contributed by atoms with Gasteiger partial charge in [-0.2, -0.15) is 0 Å². The van der Waals surface area contributed by atoms with Crippen LogP contribution in [0.1, 0.15) is 22.3 Å². The number of furan rings is 1. The molecular weight excluding hydrogens is 322 g/mol. The molecule has 3 aromatic rings. The van der Waals surface area contributed by atoms with E-state index in [0.717, 1.165) is 11.3 Å². The summed E-state index contributed by atoms with van der Waals surface area (Å²) in [6.07, 6.45) is -0.478. The molecule has 0 bridgehead atoms. The van der Waals surface area contributed by atoms with Crippen LogP contribution >= 0.6 is 0 Å². The number of nitro benzene ring substituents is 1. The Morgan fingerprint density at radius 3 is 2.48 bits per heavy atom. The molecule has 124 valence electrons. The summed E-state index contributed by atoms with van der Waals surface area (Å²) in [7, 11) is 0. The second-order valence-electron chi connectivity index (χ2n) is 5.60. The maximum Gasteiger partial charge on any atom is 0.269 e. The third-order valence-corrected chi connectivity index (χ3v) is 4.02. The largest absolute Gasteiger partial charge is 0.457 e. The van der Waals surface area contributed by atoms with Crippen molar-refractivity contribution < 1.29 is 14.1 Å². The second-order valence-corrected chi connectivity index (χ2v) is 5.60. The molecule has 25 heavy (non-hydrogen) atoms. The number of anilines is 1. The van der Waals surface area contributed by atoms with Crippen LogP contribution in [0.15, 0.2) is 65.1 Å². The fraction of sp³-hybridized carbons (Fsp3) is 0.0556. The van der Waals surface area contributed by atoms with Crippen molar-refractivity contribution in [3.05, 3.63) is 82.1 Å². The minimum absolute atomic E-state index is 0.0216. The molecule has 0 spiro atoms. The molecular formula is C18H13N3O4. The number of carbonyl (C=O) groups excluding carboxylic acids is 1. The maximum atomic E-state index is 12.2. The van der Waals surface area contributed by atoms with E-state index in [2.05, 4.69) is 10.6 Å². The van der Waals surface area contributed by atoms with Gasteiger partial charge >= 0.3 is 0 Å². The molecule has 7 nitrogen and oxygen atoms in total. The first-order valence-corrected chi connectivity index (χ1v) is 7.63. The van der Waals surface area contributed by atoms with E-state index in [0.29, 0.717) is 17.1 Å². The molecule has 1 aromatic heterocycles. The Morgan fingerprint density at radius 1 is 0.960 bits per heavy atom. The van der Waals surface area contributed by atoms with Gasteiger partial charge < -0.3 is 15.1 Å². The molecule has 2 aromatic carbocycles. The molecule has 0 saturated carbocycles. The van der Waals surface area contributed by atoms with Gasteiger partial charge in [-0.05, 0) is 36.4 Å². The van der Waals surface area contributed by atoms with E-state index in [1.807, 2.05) is 12.1 Å². The molecule has 1 aliphatic rings. The van der Waals surface area contributed by atoms with E-state index in [1.54, 1.807) is 36.4 Å². The van der Waals surface area contributed by atoms with Gasteiger partial charge in [0.25, 0.3) is 11.6 Å². The minimum Gasteiger partial charge on any atom is -0.457 e. The summed E-state index contributed by atoms with van der Waals surface area (Å²) in [5, 5.41) is 16.8. The van der Waals surface area contributed by atoms with Crippen LogP contribution in [0.5, 0.6) is 0 Å². The van der Waals surface area contributed by atoms with E-state index < -0.39 is 11.1 Å². The van der Waals surface area contributed by atoms with Crippen LogP contribution in [0.3, 0.4) is 0 Å². The number of benzene rings is 2. The summed E-state index contributed by atoms with van der Waals surface area (Å²) >= 11 is 0. The summed E-state index contributed by atoms with van der Waals surface area (Å²) < 4.78 is 5.83. The second kappa shape index (κ2) is 5.79. The van der Waals surface area contributed by atoms with Crippen LogP contribution in [0, 0.1) is 10.1 Å². The number of rotatable bonds is 3. The Labute approximate surface area is 142 Å². The van der Waals surface area contributed by atoms with Gasteiger partial charge in [-0.15, -0.1) is 0 Å². The average molecular weight is 335 g/mol. The highest BCUT2D eigenvalue weighted by Gasteiger charge is 2.26. The molecule has 0 aliphatic carbocycles. The Hall–Kier alpha value is -3.61. The Morgan fingerprint density at radius 2 is 1.72 bits per heavy atom. The highest BCUT2D eigenvalue weighted by molar-refractivity contribution is 6.01. The van der Waals surface area contributed by atoms with Crippen molar-refractivity contribution in [1.29, 1.82) is 0 Å². The lowest BCUT2D eigenvalue weighted by molar-refractivity contribution is -0.384. The van der Waals surface area contributed by atoms with Crippen molar-refractivity contribution in [3.8, 4) is 11.3 Å². The van der Waals surface area contributed by atoms with Gasteiger partial charge in [-0.1, -0.05) is 12.1 Å². The van der Waals surface area contributed by atoms with Crippen molar-refractivity contribution in [2.75, 3.05) is 5.32 Å². The van der Waals surface area contributed by atoms with Crippen molar-refractivity contribution >= 4 is 17.3 Å². The number of hydrogen-bond donors (Lipinski definition) is 2. The Bertz CT molecular complexity index is 962. The first-order valence-electron chi connectivity index (χ1n) is 7.63. The quantitative estimate of drug-likeness (QED) is 0.562. The van der Waals surface area contributed by atoms with Gasteiger partial charge in [0, 0.05) is 23.4 Å². The van der Waals surface area contributed by atoms with Crippen LogP contribution in [0.25, 0.3) is 11.3 Å². The zero-order valence-electron chi connectivity index (χ0n) is 12.9. The maximum absolute atomic E-state index is 12.2. The van der Waals surface area contributed by atoms with E-state index in [-0.39, 0.29) is 11.6 Å². The molecule has 0 radical (unpaired) electrons. The summed E-state index contributed by atoms with van der Waals surface area (Å²) in [5.41, 5.74) is 2.07. The van der Waals surface area contributed by atoms with E-state index in [9.17, 15) is 14.9 Å². The lowest BCUT2D eigenvalue weighted by atomic mass is 10.1. The van der Waals surface area contributed by atoms with Gasteiger partial charge in [-0.25, -0.2) is 0 Å². The summed E-state index contributed by atoms with van der Waals surface area (Å²) in [6.45, 7) is 0. The molecule has 1 amide bonds. The van der Waals surface area contributed by atoms with Crippen LogP contribution in [-0.2, 0) is 0 Å². The standard InChI is InChI=1S/C18H13N3O4/c22-18-13-3-1-2-4-14(13)19-17(20-18)16-10-9-15(25-16)11-5-7-12(8-6-11)21(23)24/h1-10,17,19H,(H,20,22)/t17-/m1/s1. The number of non-ortho nitro benzene ring substituents is 1. The predicted octanol–water partition coefficient (Wildman–Crippen LogP) is 3.71. The molecule has 0 saturated heterocycles. The van der Waals surface area contributed by atoms with Gasteiger partial charge in [0.15, 0.2) is 6.17 Å². The van der Waals surface area contributed by atoms with Crippen LogP contribution in [-0.4, -0.2) is 10.8 Å². The molecule has 1 aliphatic heterocycles. The number of para-hydroxylation sites is 1. The molecule has 2 N–H and O–H groups in total. The highest BCUT2D eigenvalue weighted by Crippen LogP contribution is 2.30. The van der Waals surface area contributed by atoms with Crippen molar-refractivity contribution in [3.63, 3.8) is 0 Å². The zero-order chi connectivity index (χ0) is 17.4. The zero-order valence-corrected chi connectivity index (χ0v) is 12.9. The van der Waals surface area contributed by atoms with Gasteiger partial charge in [0.05, 0.1) is 10.5 Å². The minimum atomic E-state index is -0.478. The predicted molar refractivity (Wildman–Crippen MR) is 91.1 cm³/mol. The summed E-state index contributed by atoms with van der Waals surface area (Å²) in [5.74, 6) is 0.948. The third kappa shape index (κ3) is 2.72. The van der Waals surface area contributed by atoms with Crippen molar-refractivity contribution in [2.45, 2.75) is 6.17 Å². The fourth-order valence-electron chi connectivity index (χ4n) is 2.76. The van der Waals surface area contributed by atoms with Crippen LogP contribution in [0.4, 0.5) is 11.4 Å². The number of nitrogens with one attached hydrogen (secondary N) is 2. The molecule has 7 heteroatoms. The summed E-state index contributed by atoms with van der Waals surface area (Å²) in [4.78, 5) is 22.5. The van der Waals surface area contributed by atoms with Crippen LogP contribution in [0.2, 0.25) is 0 Å². The first-order chi connectivity index (χ1) is 12.1. The number of nitro groups is 1. The van der Waals surface area contributed by atoms with E-state index in [4.69, 9.17) is 4.42 Å². The molecule has 1 atom stereocenters. The highest BCUT2D eigenvalue weighted by atomic mass is 16.6. The number of nitrogens with zero attached hydrogens (tertiary/aromatic N) is 1. The van der Waals surface area contributed by atoms with E-state index >= 15 is 0 Å². The number of fused-ring (bicyclic) bond motifs is 1. The van der Waals surface area contributed by atoms with Crippen molar-refractivity contribution in [2.24, 2.45) is 0 Å². The van der Waals surface area contributed by atoms with Crippen molar-refractivity contribution in [1.82, 2.24) is 5.32 Å². The number of hydrogen-bond acceptors (Lipinski definition) is 5. The topological polar surface area (TPSA) is 97.4 Å².